The number of hydrogen-bond donors (Lipinski definition) is 1. The summed E-state index contributed by atoms with van der Waals surface area (Å²) in [4.78, 5) is 15.1. The van der Waals surface area contributed by atoms with Gasteiger partial charge in [0.25, 0.3) is 0 Å². The summed E-state index contributed by atoms with van der Waals surface area (Å²) in [5.41, 5.74) is 12.3. The highest BCUT2D eigenvalue weighted by molar-refractivity contribution is 5.90. The fourth-order valence-corrected chi connectivity index (χ4v) is 4.31. The normalized spacial score (nSPS) is 16.1. The molecule has 25 heavy (non-hydrogen) atoms. The lowest BCUT2D eigenvalue weighted by atomic mass is 9.89. The van der Waals surface area contributed by atoms with Crippen LogP contribution in [0.2, 0.25) is 0 Å². The Kier molecular flexibility index (Phi) is 3.14. The molecule has 0 radical (unpaired) electrons. The number of benzene rings is 2. The standard InChI is InChI=1S/C21H20N2O2/c22-16-7-5-13(6-8-16)18-12-15-11-14-3-1-9-23-10-2-4-17(19(14)23)20(15)25-21(18)24/h5-8,11-12H,1-4,9-10,22H2. The van der Waals surface area contributed by atoms with Crippen molar-refractivity contribution >= 4 is 22.3 Å². The summed E-state index contributed by atoms with van der Waals surface area (Å²) in [6, 6.07) is 11.6. The maximum atomic E-state index is 12.6. The molecular formula is C21H20N2O2. The number of nitrogens with zero attached hydrogens (tertiary/aromatic N) is 1. The Morgan fingerprint density at radius 3 is 2.56 bits per heavy atom. The molecular weight excluding hydrogens is 312 g/mol. The second-order valence-electron chi connectivity index (χ2n) is 7.04. The molecule has 1 aromatic heterocycles. The van der Waals surface area contributed by atoms with E-state index in [0.717, 1.165) is 48.9 Å². The van der Waals surface area contributed by atoms with Crippen molar-refractivity contribution in [2.24, 2.45) is 0 Å². The van der Waals surface area contributed by atoms with Crippen molar-refractivity contribution in [1.29, 1.82) is 0 Å². The fraction of sp³-hybridized carbons (Fsp3) is 0.286. The molecule has 0 saturated heterocycles. The van der Waals surface area contributed by atoms with Crippen LogP contribution in [0.3, 0.4) is 0 Å². The van der Waals surface area contributed by atoms with Crippen molar-refractivity contribution in [3.05, 3.63) is 57.9 Å². The Labute approximate surface area is 145 Å². The molecule has 2 N–H and O–H groups in total. The highest BCUT2D eigenvalue weighted by atomic mass is 16.4. The molecule has 4 heteroatoms. The zero-order valence-corrected chi connectivity index (χ0v) is 14.0. The van der Waals surface area contributed by atoms with Crippen LogP contribution in [0.5, 0.6) is 0 Å². The summed E-state index contributed by atoms with van der Waals surface area (Å²) in [6.45, 7) is 2.22. The van der Waals surface area contributed by atoms with Gasteiger partial charge in [0.2, 0.25) is 0 Å². The molecule has 0 bridgehead atoms. The Morgan fingerprint density at radius 1 is 1.00 bits per heavy atom. The summed E-state index contributed by atoms with van der Waals surface area (Å²) in [7, 11) is 0. The molecule has 3 aromatic rings. The lowest BCUT2D eigenvalue weighted by Gasteiger charge is -2.37. The lowest BCUT2D eigenvalue weighted by Crippen LogP contribution is -2.34. The zero-order chi connectivity index (χ0) is 17.0. The molecule has 0 amide bonds. The van der Waals surface area contributed by atoms with Gasteiger partial charge in [0, 0.05) is 35.4 Å². The van der Waals surface area contributed by atoms with E-state index in [9.17, 15) is 4.79 Å². The van der Waals surface area contributed by atoms with Gasteiger partial charge in [-0.05, 0) is 61.1 Å². The van der Waals surface area contributed by atoms with E-state index in [2.05, 4.69) is 11.0 Å². The summed E-state index contributed by atoms with van der Waals surface area (Å²) < 4.78 is 5.83. The van der Waals surface area contributed by atoms with E-state index in [1.54, 1.807) is 0 Å². The SMILES string of the molecule is Nc1ccc(-c2cc3cc4c5c(c3oc2=O)CCCN5CCC4)cc1. The molecule has 0 fully saturated rings. The predicted molar refractivity (Wildman–Crippen MR) is 101 cm³/mol. The number of aryl methyl sites for hydroxylation is 2. The van der Waals surface area contributed by atoms with Gasteiger partial charge in [-0.2, -0.15) is 0 Å². The van der Waals surface area contributed by atoms with Gasteiger partial charge in [-0.25, -0.2) is 4.79 Å². The van der Waals surface area contributed by atoms with Crippen molar-refractivity contribution in [3.8, 4) is 11.1 Å². The lowest BCUT2D eigenvalue weighted by molar-refractivity contribution is 0.552. The van der Waals surface area contributed by atoms with E-state index in [1.165, 1.54) is 23.2 Å². The van der Waals surface area contributed by atoms with Gasteiger partial charge in [0.15, 0.2) is 0 Å². The third-order valence-corrected chi connectivity index (χ3v) is 5.44. The molecule has 0 saturated carbocycles. The number of nitrogens with two attached hydrogens (primary N) is 1. The minimum atomic E-state index is -0.276. The van der Waals surface area contributed by atoms with E-state index in [4.69, 9.17) is 10.2 Å². The summed E-state index contributed by atoms with van der Waals surface area (Å²) >= 11 is 0. The van der Waals surface area contributed by atoms with Crippen molar-refractivity contribution in [2.75, 3.05) is 23.7 Å². The monoisotopic (exact) mass is 332 g/mol. The molecule has 5 rings (SSSR count). The fourth-order valence-electron chi connectivity index (χ4n) is 4.31. The number of nitrogen functional groups attached to an aromatic ring is 1. The third-order valence-electron chi connectivity index (χ3n) is 5.44. The minimum absolute atomic E-state index is 0.276. The average molecular weight is 332 g/mol. The Balaban J connectivity index is 1.77. The van der Waals surface area contributed by atoms with E-state index in [-0.39, 0.29) is 5.63 Å². The van der Waals surface area contributed by atoms with E-state index < -0.39 is 0 Å². The van der Waals surface area contributed by atoms with Crippen LogP contribution in [0.25, 0.3) is 22.1 Å². The Hall–Kier alpha value is -2.75. The number of hydrogen-bond acceptors (Lipinski definition) is 4. The Morgan fingerprint density at radius 2 is 1.76 bits per heavy atom. The van der Waals surface area contributed by atoms with Crippen LogP contribution in [0.1, 0.15) is 24.0 Å². The molecule has 0 spiro atoms. The molecule has 0 unspecified atom stereocenters. The maximum absolute atomic E-state index is 12.6. The van der Waals surface area contributed by atoms with Crippen LogP contribution < -0.4 is 16.3 Å². The van der Waals surface area contributed by atoms with Gasteiger partial charge in [-0.3, -0.25) is 0 Å². The van der Waals surface area contributed by atoms with Crippen LogP contribution >= 0.6 is 0 Å². The molecule has 0 aliphatic carbocycles. The molecule has 2 aliphatic heterocycles. The molecule has 126 valence electrons. The first-order valence-corrected chi connectivity index (χ1v) is 8.94. The van der Waals surface area contributed by atoms with Crippen LogP contribution in [0.15, 0.2) is 45.6 Å². The highest BCUT2D eigenvalue weighted by Crippen LogP contribution is 2.40. The number of fused-ring (bicyclic) bond motifs is 2. The second-order valence-corrected chi connectivity index (χ2v) is 7.04. The van der Waals surface area contributed by atoms with E-state index in [0.29, 0.717) is 11.3 Å². The first-order chi connectivity index (χ1) is 12.2. The quantitative estimate of drug-likeness (QED) is 0.545. The van der Waals surface area contributed by atoms with E-state index >= 15 is 0 Å². The molecule has 4 nitrogen and oxygen atoms in total. The minimum Gasteiger partial charge on any atom is -0.422 e. The zero-order valence-electron chi connectivity index (χ0n) is 14.0. The number of anilines is 2. The van der Waals surface area contributed by atoms with Gasteiger partial charge < -0.3 is 15.1 Å². The van der Waals surface area contributed by atoms with E-state index in [1.807, 2.05) is 30.3 Å². The second kappa shape index (κ2) is 5.38. The summed E-state index contributed by atoms with van der Waals surface area (Å²) in [5, 5.41) is 1.03. The molecule has 0 atom stereocenters. The van der Waals surface area contributed by atoms with Crippen molar-refractivity contribution in [1.82, 2.24) is 0 Å². The average Bonchev–Trinajstić information content (AvgIpc) is 2.63. The van der Waals surface area contributed by atoms with Crippen LogP contribution in [0.4, 0.5) is 11.4 Å². The molecule has 2 aliphatic rings. The molecule has 2 aromatic carbocycles. The predicted octanol–water partition coefficient (Wildman–Crippen LogP) is 3.74. The number of rotatable bonds is 1. The maximum Gasteiger partial charge on any atom is 0.344 e. The summed E-state index contributed by atoms with van der Waals surface area (Å²) in [6.07, 6.45) is 4.40. The Bertz CT molecular complexity index is 1030. The first kappa shape index (κ1) is 14.6. The van der Waals surface area contributed by atoms with Gasteiger partial charge in [0.05, 0.1) is 5.56 Å². The van der Waals surface area contributed by atoms with Gasteiger partial charge in [0.1, 0.15) is 5.58 Å². The van der Waals surface area contributed by atoms with Crippen molar-refractivity contribution in [3.63, 3.8) is 0 Å². The van der Waals surface area contributed by atoms with Crippen LogP contribution in [-0.4, -0.2) is 13.1 Å². The van der Waals surface area contributed by atoms with Crippen molar-refractivity contribution in [2.45, 2.75) is 25.7 Å². The van der Waals surface area contributed by atoms with Gasteiger partial charge in [-0.15, -0.1) is 0 Å². The third kappa shape index (κ3) is 2.24. The topological polar surface area (TPSA) is 59.5 Å². The summed E-state index contributed by atoms with van der Waals surface area (Å²) in [5.74, 6) is 0. The van der Waals surface area contributed by atoms with Crippen LogP contribution in [-0.2, 0) is 12.8 Å². The smallest absolute Gasteiger partial charge is 0.344 e. The van der Waals surface area contributed by atoms with Crippen molar-refractivity contribution < 1.29 is 4.42 Å². The van der Waals surface area contributed by atoms with Crippen LogP contribution in [0, 0.1) is 0 Å². The largest absolute Gasteiger partial charge is 0.422 e. The molecule has 3 heterocycles. The van der Waals surface area contributed by atoms with Gasteiger partial charge in [-0.1, -0.05) is 12.1 Å². The van der Waals surface area contributed by atoms with Gasteiger partial charge >= 0.3 is 5.63 Å². The first-order valence-electron chi connectivity index (χ1n) is 8.94. The highest BCUT2D eigenvalue weighted by Gasteiger charge is 2.27.